The van der Waals surface area contributed by atoms with Gasteiger partial charge in [-0.15, -0.1) is 0 Å². The van der Waals surface area contributed by atoms with Gasteiger partial charge in [-0.2, -0.15) is 0 Å². The summed E-state index contributed by atoms with van der Waals surface area (Å²) in [7, 11) is 1.96. The third-order valence-corrected chi connectivity index (χ3v) is 2.97. The van der Waals surface area contributed by atoms with Gasteiger partial charge >= 0.3 is 0 Å². The third kappa shape index (κ3) is 1.38. The van der Waals surface area contributed by atoms with E-state index in [0.717, 1.165) is 16.6 Å². The van der Waals surface area contributed by atoms with Crippen LogP contribution in [-0.2, 0) is 7.05 Å². The molecule has 0 bridgehead atoms. The summed E-state index contributed by atoms with van der Waals surface area (Å²) in [6, 6.07) is 10.7. The summed E-state index contributed by atoms with van der Waals surface area (Å²) in [5.74, 6) is 0.0483. The van der Waals surface area contributed by atoms with Gasteiger partial charge in [0.2, 0.25) is 0 Å². The van der Waals surface area contributed by atoms with Crippen LogP contribution in [0.2, 0.25) is 0 Å². The molecular weight excluding hydrogens is 216 g/mol. The van der Waals surface area contributed by atoms with Gasteiger partial charge in [-0.1, -0.05) is 6.07 Å². The molecule has 0 saturated heterocycles. The molecule has 2 N–H and O–H groups in total. The van der Waals surface area contributed by atoms with E-state index in [2.05, 4.69) is 0 Å². The highest BCUT2D eigenvalue weighted by atomic mass is 16.3. The fraction of sp³-hybridized carbons (Fsp3) is 0.0769. The van der Waals surface area contributed by atoms with E-state index in [1.54, 1.807) is 0 Å². The van der Waals surface area contributed by atoms with Gasteiger partial charge in [0.15, 0.2) is 11.8 Å². The Labute approximate surface area is 98.0 Å². The van der Waals surface area contributed by atoms with Crippen LogP contribution in [0.4, 0.5) is 0 Å². The second-order valence-corrected chi connectivity index (χ2v) is 4.05. The zero-order chi connectivity index (χ0) is 12.0. The Bertz CT molecular complexity index is 675. The number of rotatable bonds is 1. The van der Waals surface area contributed by atoms with Crippen LogP contribution in [0.15, 0.2) is 42.6 Å². The van der Waals surface area contributed by atoms with E-state index in [1.165, 1.54) is 16.7 Å². The molecule has 3 aromatic rings. The van der Waals surface area contributed by atoms with Crippen LogP contribution >= 0.6 is 0 Å². The quantitative estimate of drug-likeness (QED) is 0.671. The number of nitrogens with zero attached hydrogens (tertiary/aromatic N) is 2. The Hall–Kier alpha value is -2.36. The minimum absolute atomic E-state index is 0.0241. The van der Waals surface area contributed by atoms with Crippen molar-refractivity contribution in [2.24, 2.45) is 7.05 Å². The molecule has 0 aliphatic rings. The summed E-state index contributed by atoms with van der Waals surface area (Å²) >= 11 is 0. The summed E-state index contributed by atoms with van der Waals surface area (Å²) < 4.78 is 3.39. The minimum atomic E-state index is 0.0241. The number of aromatic hydroxyl groups is 2. The molecule has 4 heteroatoms. The van der Waals surface area contributed by atoms with Gasteiger partial charge in [0.1, 0.15) is 0 Å². The van der Waals surface area contributed by atoms with Crippen molar-refractivity contribution in [3.63, 3.8) is 0 Å². The Morgan fingerprint density at radius 2 is 1.65 bits per heavy atom. The Kier molecular flexibility index (Phi) is 1.92. The third-order valence-electron chi connectivity index (χ3n) is 2.97. The van der Waals surface area contributed by atoms with E-state index in [1.807, 2.05) is 42.1 Å². The molecule has 17 heavy (non-hydrogen) atoms. The summed E-state index contributed by atoms with van der Waals surface area (Å²) in [6.07, 6.45) is 1.98. The van der Waals surface area contributed by atoms with E-state index in [0.29, 0.717) is 0 Å². The molecule has 2 aromatic heterocycles. The topological polar surface area (TPSA) is 50.3 Å². The maximum atomic E-state index is 9.67. The average molecular weight is 228 g/mol. The fourth-order valence-electron chi connectivity index (χ4n) is 2.07. The summed E-state index contributed by atoms with van der Waals surface area (Å²) in [4.78, 5) is 0. The summed E-state index contributed by atoms with van der Waals surface area (Å²) in [5, 5.41) is 20.5. The van der Waals surface area contributed by atoms with Gasteiger partial charge in [0.05, 0.1) is 5.69 Å². The Morgan fingerprint density at radius 1 is 0.941 bits per heavy atom. The summed E-state index contributed by atoms with van der Waals surface area (Å²) in [6.45, 7) is 0. The maximum Gasteiger partial charge on any atom is 0.198 e. The first-order valence-corrected chi connectivity index (χ1v) is 5.32. The largest absolute Gasteiger partial charge is 0.494 e. The van der Waals surface area contributed by atoms with Gasteiger partial charge in [-0.3, -0.25) is 4.57 Å². The second kappa shape index (κ2) is 3.31. The summed E-state index contributed by atoms with van der Waals surface area (Å²) in [5.41, 5.74) is 1.79. The maximum absolute atomic E-state index is 9.67. The van der Waals surface area contributed by atoms with E-state index >= 15 is 0 Å². The molecule has 0 amide bonds. The molecule has 0 unspecified atom stereocenters. The smallest absolute Gasteiger partial charge is 0.198 e. The highest BCUT2D eigenvalue weighted by molar-refractivity contribution is 5.82. The highest BCUT2D eigenvalue weighted by Gasteiger charge is 2.09. The van der Waals surface area contributed by atoms with Gasteiger partial charge in [0.25, 0.3) is 0 Å². The van der Waals surface area contributed by atoms with Crippen molar-refractivity contribution >= 4 is 10.9 Å². The van der Waals surface area contributed by atoms with Crippen LogP contribution < -0.4 is 0 Å². The standard InChI is InChI=1S/C13H12N2O2/c1-14-7-6-9-2-3-10(8-11(9)14)15-12(16)4-5-13(15)17/h2-8,16-17H,1H3. The molecule has 2 heterocycles. The number of hydrogen-bond acceptors (Lipinski definition) is 2. The van der Waals surface area contributed by atoms with Gasteiger partial charge in [-0.25, -0.2) is 0 Å². The first-order valence-electron chi connectivity index (χ1n) is 5.32. The van der Waals surface area contributed by atoms with Gasteiger partial charge in [-0.05, 0) is 23.6 Å². The predicted octanol–water partition coefficient (Wildman–Crippen LogP) is 2.38. The fourth-order valence-corrected chi connectivity index (χ4v) is 2.07. The molecule has 0 atom stereocenters. The van der Waals surface area contributed by atoms with Crippen molar-refractivity contribution in [3.8, 4) is 17.4 Å². The number of benzene rings is 1. The molecule has 4 nitrogen and oxygen atoms in total. The number of aryl methyl sites for hydroxylation is 1. The lowest BCUT2D eigenvalue weighted by Gasteiger charge is -2.07. The van der Waals surface area contributed by atoms with Crippen LogP contribution in [0.3, 0.4) is 0 Å². The minimum Gasteiger partial charge on any atom is -0.494 e. The van der Waals surface area contributed by atoms with E-state index in [4.69, 9.17) is 0 Å². The van der Waals surface area contributed by atoms with Crippen molar-refractivity contribution in [2.45, 2.75) is 0 Å². The van der Waals surface area contributed by atoms with Gasteiger partial charge in [0, 0.05) is 30.9 Å². The van der Waals surface area contributed by atoms with Crippen LogP contribution in [0.25, 0.3) is 16.6 Å². The molecule has 86 valence electrons. The van der Waals surface area contributed by atoms with E-state index < -0.39 is 0 Å². The van der Waals surface area contributed by atoms with E-state index in [-0.39, 0.29) is 11.8 Å². The Morgan fingerprint density at radius 3 is 2.35 bits per heavy atom. The lowest BCUT2D eigenvalue weighted by Crippen LogP contribution is -1.93. The van der Waals surface area contributed by atoms with E-state index in [9.17, 15) is 10.2 Å². The van der Waals surface area contributed by atoms with Crippen LogP contribution in [-0.4, -0.2) is 19.3 Å². The predicted molar refractivity (Wildman–Crippen MR) is 65.6 cm³/mol. The molecule has 1 aromatic carbocycles. The number of aromatic nitrogens is 2. The first kappa shape index (κ1) is 9.84. The van der Waals surface area contributed by atoms with Crippen molar-refractivity contribution in [1.82, 2.24) is 9.13 Å². The number of fused-ring (bicyclic) bond motifs is 1. The molecular formula is C13H12N2O2. The van der Waals surface area contributed by atoms with Crippen molar-refractivity contribution < 1.29 is 10.2 Å². The number of hydrogen-bond donors (Lipinski definition) is 2. The van der Waals surface area contributed by atoms with Gasteiger partial charge < -0.3 is 14.8 Å². The molecule has 0 aliphatic carbocycles. The molecule has 0 aliphatic heterocycles. The lowest BCUT2D eigenvalue weighted by molar-refractivity contribution is 0.402. The zero-order valence-electron chi connectivity index (χ0n) is 9.33. The molecule has 3 rings (SSSR count). The molecule has 0 radical (unpaired) electrons. The zero-order valence-corrected chi connectivity index (χ0v) is 9.33. The molecule has 0 saturated carbocycles. The van der Waals surface area contributed by atoms with Crippen LogP contribution in [0, 0.1) is 0 Å². The highest BCUT2D eigenvalue weighted by Crippen LogP contribution is 2.28. The molecule has 0 fully saturated rings. The van der Waals surface area contributed by atoms with Crippen molar-refractivity contribution in [2.75, 3.05) is 0 Å². The normalized spacial score (nSPS) is 11.1. The SMILES string of the molecule is Cn1ccc2ccc(-n3c(O)ccc3O)cc21. The molecule has 0 spiro atoms. The van der Waals surface area contributed by atoms with Crippen molar-refractivity contribution in [3.05, 3.63) is 42.6 Å². The first-order chi connectivity index (χ1) is 8.16. The lowest BCUT2D eigenvalue weighted by atomic mass is 10.2. The monoisotopic (exact) mass is 228 g/mol. The van der Waals surface area contributed by atoms with Crippen molar-refractivity contribution in [1.29, 1.82) is 0 Å². The second-order valence-electron chi connectivity index (χ2n) is 4.05. The van der Waals surface area contributed by atoms with Crippen LogP contribution in [0.1, 0.15) is 0 Å². The average Bonchev–Trinajstić information content (AvgIpc) is 2.84. The Balaban J connectivity index is 2.27. The van der Waals surface area contributed by atoms with Crippen LogP contribution in [0.5, 0.6) is 11.8 Å².